The van der Waals surface area contributed by atoms with E-state index in [2.05, 4.69) is 25.3 Å². The van der Waals surface area contributed by atoms with Crippen molar-refractivity contribution >= 4 is 56.1 Å². The highest BCUT2D eigenvalue weighted by Crippen LogP contribution is 2.34. The molecule has 0 radical (unpaired) electrons. The van der Waals surface area contributed by atoms with Crippen LogP contribution in [0.2, 0.25) is 0 Å². The summed E-state index contributed by atoms with van der Waals surface area (Å²) in [6, 6.07) is 5.28. The molecule has 238 valence electrons. The number of carboxylic acids is 1. The van der Waals surface area contributed by atoms with Gasteiger partial charge in [0.2, 0.25) is 0 Å². The quantitative estimate of drug-likeness (QED) is 0.0626. The van der Waals surface area contributed by atoms with Gasteiger partial charge in [0.1, 0.15) is 29.9 Å². The summed E-state index contributed by atoms with van der Waals surface area (Å²) in [6.45, 7) is 3.87. The largest absolute Gasteiger partial charge is 0.489 e. The molecule has 2 saturated heterocycles. The van der Waals surface area contributed by atoms with E-state index in [9.17, 15) is 32.5 Å². The van der Waals surface area contributed by atoms with Crippen LogP contribution in [0.5, 0.6) is 5.75 Å². The number of amidine groups is 1. The van der Waals surface area contributed by atoms with E-state index in [1.165, 1.54) is 19.2 Å². The lowest BCUT2D eigenvalue weighted by molar-refractivity contribution is -0.152. The Morgan fingerprint density at radius 1 is 1.30 bits per heavy atom. The molecule has 19 heteroatoms. The number of likely N-dealkylation sites (N-methyl/N-ethyl adjacent to an activating group) is 1. The van der Waals surface area contributed by atoms with Crippen molar-refractivity contribution in [1.82, 2.24) is 19.5 Å². The molecule has 1 aromatic carbocycles. The maximum Gasteiger partial charge on any atom is 0.362 e. The summed E-state index contributed by atoms with van der Waals surface area (Å²) in [4.78, 5) is 53.3. The number of aliphatic imine (C=N–C) groups is 1. The van der Waals surface area contributed by atoms with Gasteiger partial charge in [-0.25, -0.2) is 14.1 Å². The number of carboxylic acid groups (broad SMARTS) is 1. The molecule has 0 aliphatic carbocycles. The van der Waals surface area contributed by atoms with Crippen LogP contribution in [-0.4, -0.2) is 112 Å². The summed E-state index contributed by atoms with van der Waals surface area (Å²) >= 11 is 0.955. The number of nitrogen functional groups attached to an aromatic ring is 1. The molecule has 3 atom stereocenters. The number of hydrogen-bond acceptors (Lipinski definition) is 13. The molecule has 4 rings (SSSR count). The Bertz CT molecular complexity index is 1590. The molecular weight excluding hydrogens is 620 g/mol. The fourth-order valence-electron chi connectivity index (χ4n) is 4.65. The smallest absolute Gasteiger partial charge is 0.362 e. The third-order valence-corrected chi connectivity index (χ3v) is 8.73. The number of oxime groups is 1. The first-order valence-electron chi connectivity index (χ1n) is 13.1. The van der Waals surface area contributed by atoms with Crippen molar-refractivity contribution in [2.45, 2.75) is 44.0 Å². The Labute approximate surface area is 256 Å². The maximum atomic E-state index is 13.1. The van der Waals surface area contributed by atoms with E-state index >= 15 is 0 Å². The van der Waals surface area contributed by atoms with Crippen molar-refractivity contribution in [3.8, 4) is 5.75 Å². The fraction of sp³-hybridized carbons (Fsp3) is 0.440. The van der Waals surface area contributed by atoms with Gasteiger partial charge < -0.3 is 36.4 Å². The number of nitrogens with zero attached hydrogens (tertiary/aromatic N) is 5. The van der Waals surface area contributed by atoms with Gasteiger partial charge in [0.15, 0.2) is 10.8 Å². The summed E-state index contributed by atoms with van der Waals surface area (Å²) in [7, 11) is -2.86. The number of aromatic nitrogens is 1. The van der Waals surface area contributed by atoms with Crippen LogP contribution < -0.4 is 21.5 Å². The summed E-state index contributed by atoms with van der Waals surface area (Å²) in [5, 5.41) is 17.1. The number of likely N-dealkylation sites (tertiary alicyclic amines) is 1. The van der Waals surface area contributed by atoms with Gasteiger partial charge in [0, 0.05) is 17.5 Å². The van der Waals surface area contributed by atoms with Crippen molar-refractivity contribution < 1.29 is 42.0 Å². The number of benzene rings is 1. The number of carbonyl (C=O) groups excluding carboxylic acids is 2. The molecule has 2 aromatic rings. The van der Waals surface area contributed by atoms with E-state index < -0.39 is 58.1 Å². The van der Waals surface area contributed by atoms with E-state index in [0.717, 1.165) is 30.8 Å². The molecule has 2 fully saturated rings. The van der Waals surface area contributed by atoms with Gasteiger partial charge >= 0.3 is 16.3 Å². The Morgan fingerprint density at radius 2 is 1.98 bits per heavy atom. The second-order valence-electron chi connectivity index (χ2n) is 10.6. The van der Waals surface area contributed by atoms with Crippen molar-refractivity contribution in [2.75, 3.05) is 32.5 Å². The molecule has 44 heavy (non-hydrogen) atoms. The predicted molar refractivity (Wildman–Crippen MR) is 159 cm³/mol. The molecule has 17 nitrogen and oxygen atoms in total. The Balaban J connectivity index is 1.44. The van der Waals surface area contributed by atoms with Crippen LogP contribution in [0.1, 0.15) is 31.5 Å². The summed E-state index contributed by atoms with van der Waals surface area (Å²) in [6.07, 6.45) is -0.767. The lowest BCUT2D eigenvalue weighted by atomic mass is 9.85. The zero-order chi connectivity index (χ0) is 32.4. The zero-order valence-corrected chi connectivity index (χ0v) is 25.5. The molecule has 3 heterocycles. The van der Waals surface area contributed by atoms with E-state index in [1.54, 1.807) is 24.3 Å². The number of hydrogen-bond donors (Lipinski definition) is 5. The average Bonchev–Trinajstić information content (AvgIpc) is 3.55. The number of carbonyl (C=O) groups is 3. The van der Waals surface area contributed by atoms with Crippen LogP contribution in [-0.2, 0) is 29.5 Å². The predicted octanol–water partition coefficient (Wildman–Crippen LogP) is -0.704. The number of nitrogens with two attached hydrogens (primary N) is 2. The first-order valence-corrected chi connectivity index (χ1v) is 15.4. The van der Waals surface area contributed by atoms with Crippen LogP contribution in [0, 0.1) is 0 Å². The Morgan fingerprint density at radius 3 is 2.50 bits per heavy atom. The Kier molecular flexibility index (Phi) is 9.42. The topological polar surface area (TPSA) is 252 Å². The molecule has 2 aliphatic heterocycles. The molecule has 2 aliphatic rings. The highest BCUT2D eigenvalue weighted by Gasteiger charge is 2.60. The van der Waals surface area contributed by atoms with E-state index in [1.807, 2.05) is 7.05 Å². The monoisotopic (exact) mass is 652 g/mol. The van der Waals surface area contributed by atoms with Crippen molar-refractivity contribution in [3.63, 3.8) is 0 Å². The van der Waals surface area contributed by atoms with E-state index in [4.69, 9.17) is 21.0 Å². The van der Waals surface area contributed by atoms with Crippen molar-refractivity contribution in [3.05, 3.63) is 40.9 Å². The highest BCUT2D eigenvalue weighted by molar-refractivity contribution is 7.84. The zero-order valence-electron chi connectivity index (χ0n) is 23.9. The Hall–Kier alpha value is -4.33. The SMILES string of the molecule is CN1CC[C@H](N=C(N)c2ccc(OC[C@H](ON=C(C(=O)N[C@@H]3C(=O)N(S(=O)(=O)O)C3(C)C)c3csc(N)n3)C(=O)O)cc2)C1. The second kappa shape index (κ2) is 12.7. The van der Waals surface area contributed by atoms with E-state index in [-0.39, 0.29) is 21.2 Å². The lowest BCUT2D eigenvalue weighted by Gasteiger charge is -2.50. The number of rotatable bonds is 12. The molecule has 1 aromatic heterocycles. The molecule has 0 saturated carbocycles. The first-order chi connectivity index (χ1) is 20.6. The van der Waals surface area contributed by atoms with E-state index in [0.29, 0.717) is 17.1 Å². The molecular formula is C25H32N8O9S2. The highest BCUT2D eigenvalue weighted by atomic mass is 32.2. The second-order valence-corrected chi connectivity index (χ2v) is 12.8. The number of anilines is 1. The number of β-lactam (4-membered cyclic amide) rings is 1. The minimum atomic E-state index is -4.88. The van der Waals surface area contributed by atoms with Gasteiger partial charge in [-0.15, -0.1) is 11.3 Å². The van der Waals surface area contributed by atoms with Gasteiger partial charge in [-0.1, -0.05) is 5.16 Å². The summed E-state index contributed by atoms with van der Waals surface area (Å²) < 4.78 is 38.2. The molecule has 0 spiro atoms. The van der Waals surface area contributed by atoms with Gasteiger partial charge in [-0.2, -0.15) is 8.42 Å². The molecule has 0 unspecified atom stereocenters. The molecule has 7 N–H and O–H groups in total. The van der Waals surface area contributed by atoms with Gasteiger partial charge in [-0.3, -0.25) is 19.1 Å². The van der Waals surface area contributed by atoms with Gasteiger partial charge in [0.05, 0.1) is 11.6 Å². The molecule has 0 bridgehead atoms. The fourth-order valence-corrected chi connectivity index (χ4v) is 6.23. The van der Waals surface area contributed by atoms with Crippen LogP contribution >= 0.6 is 11.3 Å². The molecule has 2 amide bonds. The third kappa shape index (κ3) is 7.24. The van der Waals surface area contributed by atoms with Crippen LogP contribution in [0.15, 0.2) is 39.8 Å². The van der Waals surface area contributed by atoms with Crippen LogP contribution in [0.3, 0.4) is 0 Å². The normalized spacial score (nSPS) is 21.5. The van der Waals surface area contributed by atoms with Crippen molar-refractivity contribution in [2.24, 2.45) is 15.9 Å². The maximum absolute atomic E-state index is 13.1. The number of ether oxygens (including phenoxy) is 1. The number of aliphatic carboxylic acids is 1. The third-order valence-electron chi connectivity index (χ3n) is 6.95. The summed E-state index contributed by atoms with van der Waals surface area (Å²) in [5.74, 6) is -2.91. The lowest BCUT2D eigenvalue weighted by Crippen LogP contribution is -2.77. The number of amides is 2. The minimum absolute atomic E-state index is 0.0564. The van der Waals surface area contributed by atoms with Gasteiger partial charge in [0.25, 0.3) is 17.9 Å². The van der Waals surface area contributed by atoms with Gasteiger partial charge in [-0.05, 0) is 58.1 Å². The van der Waals surface area contributed by atoms with Crippen LogP contribution in [0.4, 0.5) is 5.13 Å². The minimum Gasteiger partial charge on any atom is -0.489 e. The standard InChI is InChI=1S/C25H32N8O9S2/c1-25(2)19(22(35)33(25)44(38,39)40)30-21(34)18(16-12-43-24(27)29-16)31-42-17(23(36)37)11-41-15-6-4-13(5-7-15)20(26)28-14-8-9-32(3)10-14/h4-7,12,14,17,19H,8-11H2,1-3H3,(H2,26,28)(H2,27,29)(H,30,34)(H,36,37)(H,38,39,40)/t14-,17-,19+/m0/s1. The summed E-state index contributed by atoms with van der Waals surface area (Å²) in [5.41, 5.74) is 10.3. The number of thiazole rings is 1. The first kappa shape index (κ1) is 32.6. The van der Waals surface area contributed by atoms with Crippen molar-refractivity contribution in [1.29, 1.82) is 0 Å². The average molecular weight is 653 g/mol. The number of nitrogens with one attached hydrogen (secondary N) is 1. The van der Waals surface area contributed by atoms with Crippen LogP contribution in [0.25, 0.3) is 0 Å².